The first kappa shape index (κ1) is 39.6. The van der Waals surface area contributed by atoms with Crippen molar-refractivity contribution in [1.82, 2.24) is 5.32 Å². The van der Waals surface area contributed by atoms with Gasteiger partial charge >= 0.3 is 11.9 Å². The molecule has 4 atom stereocenters. The second-order valence-corrected chi connectivity index (χ2v) is 11.4. The second kappa shape index (κ2) is 23.0. The van der Waals surface area contributed by atoms with Gasteiger partial charge in [0, 0.05) is 19.4 Å². The van der Waals surface area contributed by atoms with E-state index in [4.69, 9.17) is 4.74 Å². The van der Waals surface area contributed by atoms with E-state index in [2.05, 4.69) is 24.1 Å². The number of nitrogens with one attached hydrogen (secondary N) is 1. The first-order valence-electron chi connectivity index (χ1n) is 16.1. The normalized spacial score (nSPS) is 14.5. The molecular weight excluding hydrogens is 578 g/mol. The maximum Gasteiger partial charge on any atom is 0.336 e. The molecule has 0 aliphatic heterocycles. The molecular formula is C35H53NO9. The van der Waals surface area contributed by atoms with Gasteiger partial charge in [0.25, 0.3) is 0 Å². The SMILES string of the molecule is CC#CCOc1ccc(C[C@H](NC(=O)[C@@H](/C=C/CCCCCCC(O)CCCCCCC)[C@@](O)(CCO)C(=O)O)C(=O)O)cc1. The predicted octanol–water partition coefficient (Wildman–Crippen LogP) is 4.63. The average molecular weight is 632 g/mol. The van der Waals surface area contributed by atoms with E-state index in [0.29, 0.717) is 17.7 Å². The molecule has 0 fully saturated rings. The molecule has 6 N–H and O–H groups in total. The molecule has 10 nitrogen and oxygen atoms in total. The summed E-state index contributed by atoms with van der Waals surface area (Å²) in [5, 5.41) is 52.5. The van der Waals surface area contributed by atoms with Gasteiger partial charge in [0.05, 0.1) is 12.0 Å². The lowest BCUT2D eigenvalue weighted by Gasteiger charge is -2.30. The Balaban J connectivity index is 2.76. The minimum atomic E-state index is -2.63. The van der Waals surface area contributed by atoms with Gasteiger partial charge in [-0.15, -0.1) is 5.92 Å². The van der Waals surface area contributed by atoms with Gasteiger partial charge in [-0.05, 0) is 50.3 Å². The number of rotatable bonds is 25. The summed E-state index contributed by atoms with van der Waals surface area (Å²) in [6.07, 6.45) is 13.3. The van der Waals surface area contributed by atoms with E-state index < -0.39 is 48.4 Å². The molecule has 0 aliphatic rings. The monoisotopic (exact) mass is 631 g/mol. The lowest BCUT2D eigenvalue weighted by molar-refractivity contribution is -0.168. The fourth-order valence-electron chi connectivity index (χ4n) is 5.00. The third kappa shape index (κ3) is 15.9. The highest BCUT2D eigenvalue weighted by atomic mass is 16.5. The van der Waals surface area contributed by atoms with Crippen molar-refractivity contribution in [2.45, 2.75) is 121 Å². The topological polar surface area (TPSA) is 174 Å². The summed E-state index contributed by atoms with van der Waals surface area (Å²) in [4.78, 5) is 37.3. The van der Waals surface area contributed by atoms with Crippen LogP contribution in [0.4, 0.5) is 0 Å². The van der Waals surface area contributed by atoms with Crippen LogP contribution in [0.25, 0.3) is 0 Å². The van der Waals surface area contributed by atoms with E-state index in [1.807, 2.05) is 0 Å². The van der Waals surface area contributed by atoms with Crippen molar-refractivity contribution < 1.29 is 44.7 Å². The number of hydrogen-bond donors (Lipinski definition) is 6. The lowest BCUT2D eigenvalue weighted by Crippen LogP contribution is -2.55. The molecule has 0 spiro atoms. The zero-order valence-electron chi connectivity index (χ0n) is 26.9. The number of hydrogen-bond acceptors (Lipinski definition) is 7. The standard InChI is InChI=1S/C35H53NO9/c1-3-5-7-10-13-16-28(38)17-14-11-8-9-12-15-18-30(35(44,23-24-37)34(42)43)32(39)36-31(33(40)41)26-27-19-21-29(22-20-27)45-25-6-4-2/h15,18-22,28,30-31,37-38,44H,3,5,7-14,16-17,23-26H2,1-2H3,(H,36,39)(H,40,41)(H,42,43)/b18-15+/t28?,30-,31+,35+/m1/s1. The number of ether oxygens (including phenoxy) is 1. The molecule has 0 heterocycles. The molecule has 0 radical (unpaired) electrons. The molecule has 0 bridgehead atoms. The maximum atomic E-state index is 13.3. The number of aliphatic carboxylic acids is 2. The number of carbonyl (C=O) groups is 3. The van der Waals surface area contributed by atoms with E-state index in [9.17, 15) is 39.9 Å². The predicted molar refractivity (Wildman–Crippen MR) is 173 cm³/mol. The fourth-order valence-corrected chi connectivity index (χ4v) is 5.00. The van der Waals surface area contributed by atoms with Crippen molar-refractivity contribution in [3.8, 4) is 17.6 Å². The van der Waals surface area contributed by atoms with Crippen LogP contribution in [0.3, 0.4) is 0 Å². The van der Waals surface area contributed by atoms with E-state index >= 15 is 0 Å². The summed E-state index contributed by atoms with van der Waals surface area (Å²) in [6, 6.07) is 5.22. The number of aliphatic hydroxyl groups is 3. The number of unbranched alkanes of at least 4 members (excludes halogenated alkanes) is 8. The van der Waals surface area contributed by atoms with Crippen LogP contribution in [0, 0.1) is 17.8 Å². The van der Waals surface area contributed by atoms with Crippen molar-refractivity contribution in [2.75, 3.05) is 13.2 Å². The smallest absolute Gasteiger partial charge is 0.336 e. The third-order valence-corrected chi connectivity index (χ3v) is 7.75. The minimum absolute atomic E-state index is 0.0917. The summed E-state index contributed by atoms with van der Waals surface area (Å²) in [5.41, 5.74) is -2.04. The van der Waals surface area contributed by atoms with Crippen LogP contribution >= 0.6 is 0 Å². The highest BCUT2D eigenvalue weighted by Crippen LogP contribution is 2.25. The van der Waals surface area contributed by atoms with Gasteiger partial charge < -0.3 is 35.6 Å². The number of amides is 1. The third-order valence-electron chi connectivity index (χ3n) is 7.75. The van der Waals surface area contributed by atoms with Gasteiger partial charge in [-0.3, -0.25) is 4.79 Å². The van der Waals surface area contributed by atoms with Crippen molar-refractivity contribution in [1.29, 1.82) is 0 Å². The minimum Gasteiger partial charge on any atom is -0.481 e. The Bertz CT molecular complexity index is 1090. The molecule has 1 unspecified atom stereocenters. The van der Waals surface area contributed by atoms with E-state index in [-0.39, 0.29) is 19.1 Å². The van der Waals surface area contributed by atoms with Crippen LogP contribution in [0.2, 0.25) is 0 Å². The van der Waals surface area contributed by atoms with Crippen LogP contribution in [0.5, 0.6) is 5.75 Å². The molecule has 252 valence electrons. The number of carbonyl (C=O) groups excluding carboxylic acids is 1. The molecule has 0 saturated carbocycles. The number of benzene rings is 1. The van der Waals surface area contributed by atoms with Crippen molar-refractivity contribution >= 4 is 17.8 Å². The van der Waals surface area contributed by atoms with Gasteiger partial charge in [-0.25, -0.2) is 9.59 Å². The number of carboxylic acids is 2. The first-order valence-corrected chi connectivity index (χ1v) is 16.1. The van der Waals surface area contributed by atoms with E-state index in [1.54, 1.807) is 37.3 Å². The van der Waals surface area contributed by atoms with E-state index in [0.717, 1.165) is 51.4 Å². The highest BCUT2D eigenvalue weighted by molar-refractivity contribution is 5.92. The summed E-state index contributed by atoms with van der Waals surface area (Å²) in [6.45, 7) is 3.39. The van der Waals surface area contributed by atoms with Crippen LogP contribution < -0.4 is 10.1 Å². The Kier molecular flexibility index (Phi) is 20.3. The van der Waals surface area contributed by atoms with Gasteiger partial charge in [0.2, 0.25) is 5.91 Å². The first-order chi connectivity index (χ1) is 21.6. The summed E-state index contributed by atoms with van der Waals surface area (Å²) in [5.74, 6) is 0.410. The van der Waals surface area contributed by atoms with Gasteiger partial charge in [-0.1, -0.05) is 88.5 Å². The molecule has 1 amide bonds. The Morgan fingerprint density at radius 2 is 1.60 bits per heavy atom. The molecule has 0 aromatic heterocycles. The highest BCUT2D eigenvalue weighted by Gasteiger charge is 2.47. The molecule has 0 saturated heterocycles. The molecule has 1 aromatic rings. The van der Waals surface area contributed by atoms with E-state index in [1.165, 1.54) is 25.3 Å². The molecule has 1 aromatic carbocycles. The van der Waals surface area contributed by atoms with Crippen LogP contribution in [-0.4, -0.2) is 74.3 Å². The molecule has 0 aliphatic carbocycles. The number of carboxylic acid groups (broad SMARTS) is 2. The number of aliphatic hydroxyl groups excluding tert-OH is 2. The number of allylic oxidation sites excluding steroid dienone is 1. The fraction of sp³-hybridized carbons (Fsp3) is 0.629. The Hall–Kier alpha value is -3.39. The van der Waals surface area contributed by atoms with Crippen LogP contribution in [-0.2, 0) is 20.8 Å². The Morgan fingerprint density at radius 3 is 2.16 bits per heavy atom. The van der Waals surface area contributed by atoms with Gasteiger partial charge in [0.1, 0.15) is 18.4 Å². The summed E-state index contributed by atoms with van der Waals surface area (Å²) >= 11 is 0. The summed E-state index contributed by atoms with van der Waals surface area (Å²) in [7, 11) is 0. The van der Waals surface area contributed by atoms with Crippen molar-refractivity contribution in [3.05, 3.63) is 42.0 Å². The second-order valence-electron chi connectivity index (χ2n) is 11.4. The zero-order chi connectivity index (χ0) is 33.5. The molecule has 10 heteroatoms. The molecule has 1 rings (SSSR count). The Morgan fingerprint density at radius 1 is 0.978 bits per heavy atom. The largest absolute Gasteiger partial charge is 0.481 e. The zero-order valence-corrected chi connectivity index (χ0v) is 26.9. The van der Waals surface area contributed by atoms with Crippen molar-refractivity contribution in [3.63, 3.8) is 0 Å². The van der Waals surface area contributed by atoms with Crippen LogP contribution in [0.15, 0.2) is 36.4 Å². The quantitative estimate of drug-likeness (QED) is 0.0511. The average Bonchev–Trinajstić information content (AvgIpc) is 3.00. The van der Waals surface area contributed by atoms with Gasteiger partial charge in [0.15, 0.2) is 5.60 Å². The van der Waals surface area contributed by atoms with Crippen LogP contribution in [0.1, 0.15) is 103 Å². The maximum absolute atomic E-state index is 13.3. The lowest BCUT2D eigenvalue weighted by atomic mass is 9.83. The molecule has 45 heavy (non-hydrogen) atoms. The summed E-state index contributed by atoms with van der Waals surface area (Å²) < 4.78 is 5.46. The Labute approximate surface area is 267 Å². The van der Waals surface area contributed by atoms with Gasteiger partial charge in [-0.2, -0.15) is 0 Å². The van der Waals surface area contributed by atoms with Crippen molar-refractivity contribution in [2.24, 2.45) is 5.92 Å².